The van der Waals surface area contributed by atoms with Gasteiger partial charge in [0.15, 0.2) is 10.1 Å². The molecule has 0 amide bonds. The van der Waals surface area contributed by atoms with Gasteiger partial charge in [-0.15, -0.1) is 10.2 Å². The molecular formula is C15H13N3O2S2. The fourth-order valence-electron chi connectivity index (χ4n) is 1.75. The molecule has 112 valence electrons. The highest BCUT2D eigenvalue weighted by atomic mass is 32.2. The minimum Gasteiger partial charge on any atom is -0.467 e. The van der Waals surface area contributed by atoms with Crippen molar-refractivity contribution in [2.75, 3.05) is 11.1 Å². The summed E-state index contributed by atoms with van der Waals surface area (Å²) in [5, 5.41) is 12.0. The van der Waals surface area contributed by atoms with Gasteiger partial charge in [-0.05, 0) is 12.1 Å². The van der Waals surface area contributed by atoms with Gasteiger partial charge in [0.1, 0.15) is 5.76 Å². The molecular weight excluding hydrogens is 318 g/mol. The predicted octanol–water partition coefficient (Wildman–Crippen LogP) is 3.72. The lowest BCUT2D eigenvalue weighted by Gasteiger charge is -1.98. The van der Waals surface area contributed by atoms with Crippen LogP contribution in [0.2, 0.25) is 0 Å². The normalized spacial score (nSPS) is 10.5. The van der Waals surface area contributed by atoms with Gasteiger partial charge in [-0.3, -0.25) is 4.79 Å². The Morgan fingerprint density at radius 3 is 2.82 bits per heavy atom. The highest BCUT2D eigenvalue weighted by molar-refractivity contribution is 8.01. The molecule has 0 fully saturated rings. The fraction of sp³-hybridized carbons (Fsp3) is 0.133. The number of ketones is 1. The molecule has 1 N–H and O–H groups in total. The minimum absolute atomic E-state index is 0.0888. The molecule has 0 aliphatic heterocycles. The summed E-state index contributed by atoms with van der Waals surface area (Å²) in [7, 11) is 0. The van der Waals surface area contributed by atoms with E-state index in [2.05, 4.69) is 15.5 Å². The van der Waals surface area contributed by atoms with Gasteiger partial charge in [0.2, 0.25) is 5.13 Å². The lowest BCUT2D eigenvalue weighted by Crippen LogP contribution is -2.01. The number of Topliss-reactive ketones (excluding diaryl/α,β-unsaturated/α-hetero) is 1. The number of hydrogen-bond acceptors (Lipinski definition) is 7. The third-order valence-corrected chi connectivity index (χ3v) is 4.84. The van der Waals surface area contributed by atoms with E-state index in [0.717, 1.165) is 15.7 Å². The standard InChI is InChI=1S/C15H13N3O2S2/c19-13(11-5-2-1-3-6-11)10-21-15-18-17-14(22-15)16-9-12-7-4-8-20-12/h1-8H,9-10H2,(H,16,17). The van der Waals surface area contributed by atoms with E-state index < -0.39 is 0 Å². The van der Waals surface area contributed by atoms with Gasteiger partial charge in [-0.2, -0.15) is 0 Å². The molecule has 0 saturated heterocycles. The lowest BCUT2D eigenvalue weighted by molar-refractivity contribution is 0.102. The first-order chi connectivity index (χ1) is 10.8. The van der Waals surface area contributed by atoms with Crippen molar-refractivity contribution in [2.45, 2.75) is 10.9 Å². The molecule has 0 atom stereocenters. The van der Waals surface area contributed by atoms with Crippen LogP contribution < -0.4 is 5.32 Å². The van der Waals surface area contributed by atoms with Gasteiger partial charge in [0.05, 0.1) is 18.6 Å². The molecule has 2 heterocycles. The number of hydrogen-bond donors (Lipinski definition) is 1. The topological polar surface area (TPSA) is 68.0 Å². The molecule has 22 heavy (non-hydrogen) atoms. The Bertz CT molecular complexity index is 726. The van der Waals surface area contributed by atoms with Crippen LogP contribution >= 0.6 is 23.1 Å². The maximum Gasteiger partial charge on any atom is 0.206 e. The van der Waals surface area contributed by atoms with Crippen LogP contribution in [0.5, 0.6) is 0 Å². The number of anilines is 1. The van der Waals surface area contributed by atoms with Crippen molar-refractivity contribution in [1.82, 2.24) is 10.2 Å². The number of aromatic nitrogens is 2. The second-order valence-corrected chi connectivity index (χ2v) is 6.58. The Hall–Kier alpha value is -2.12. The summed E-state index contributed by atoms with van der Waals surface area (Å²) in [4.78, 5) is 12.0. The first kappa shape index (κ1) is 14.8. The van der Waals surface area contributed by atoms with Crippen LogP contribution in [0.1, 0.15) is 16.1 Å². The number of carbonyl (C=O) groups excluding carboxylic acids is 1. The summed E-state index contributed by atoms with van der Waals surface area (Å²) in [5.74, 6) is 1.28. The Kier molecular flexibility index (Phi) is 4.87. The number of carbonyl (C=O) groups is 1. The highest BCUT2D eigenvalue weighted by Gasteiger charge is 2.10. The summed E-state index contributed by atoms with van der Waals surface area (Å²) in [6, 6.07) is 13.0. The minimum atomic E-state index is 0.0888. The Morgan fingerprint density at radius 2 is 2.05 bits per heavy atom. The van der Waals surface area contributed by atoms with Gasteiger partial charge in [0.25, 0.3) is 0 Å². The summed E-state index contributed by atoms with van der Waals surface area (Å²) in [6.45, 7) is 0.565. The zero-order valence-corrected chi connectivity index (χ0v) is 13.2. The summed E-state index contributed by atoms with van der Waals surface area (Å²) < 4.78 is 6.00. The van der Waals surface area contributed by atoms with Crippen molar-refractivity contribution in [3.63, 3.8) is 0 Å². The van der Waals surface area contributed by atoms with Gasteiger partial charge in [0, 0.05) is 5.56 Å². The quantitative estimate of drug-likeness (QED) is 0.526. The summed E-state index contributed by atoms with van der Waals surface area (Å²) in [5.41, 5.74) is 0.718. The zero-order valence-electron chi connectivity index (χ0n) is 11.6. The third-order valence-electron chi connectivity index (χ3n) is 2.82. The molecule has 7 heteroatoms. The van der Waals surface area contributed by atoms with Crippen molar-refractivity contribution in [3.05, 3.63) is 60.1 Å². The smallest absolute Gasteiger partial charge is 0.206 e. The van der Waals surface area contributed by atoms with Crippen LogP contribution in [0.15, 0.2) is 57.5 Å². The van der Waals surface area contributed by atoms with E-state index in [0.29, 0.717) is 17.4 Å². The van der Waals surface area contributed by atoms with Crippen LogP contribution in [0.4, 0.5) is 5.13 Å². The zero-order chi connectivity index (χ0) is 15.2. The van der Waals surface area contributed by atoms with E-state index in [4.69, 9.17) is 4.42 Å². The van der Waals surface area contributed by atoms with E-state index in [9.17, 15) is 4.79 Å². The average Bonchev–Trinajstić information content (AvgIpc) is 3.23. The van der Waals surface area contributed by atoms with Crippen molar-refractivity contribution in [2.24, 2.45) is 0 Å². The largest absolute Gasteiger partial charge is 0.467 e. The van der Waals surface area contributed by atoms with E-state index in [-0.39, 0.29) is 5.78 Å². The molecule has 0 saturated carbocycles. The van der Waals surface area contributed by atoms with Gasteiger partial charge in [-0.1, -0.05) is 53.4 Å². The number of nitrogens with zero attached hydrogens (tertiary/aromatic N) is 2. The maximum atomic E-state index is 12.0. The molecule has 5 nitrogen and oxygen atoms in total. The lowest BCUT2D eigenvalue weighted by atomic mass is 10.2. The molecule has 0 unspecified atom stereocenters. The SMILES string of the molecule is O=C(CSc1nnc(NCc2ccco2)s1)c1ccccc1. The Morgan fingerprint density at radius 1 is 1.18 bits per heavy atom. The fourth-order valence-corrected chi connectivity index (χ4v) is 3.39. The predicted molar refractivity (Wildman–Crippen MR) is 87.4 cm³/mol. The van der Waals surface area contributed by atoms with E-state index >= 15 is 0 Å². The number of thioether (sulfide) groups is 1. The van der Waals surface area contributed by atoms with E-state index in [1.165, 1.54) is 23.1 Å². The van der Waals surface area contributed by atoms with E-state index in [1.54, 1.807) is 6.26 Å². The summed E-state index contributed by atoms with van der Waals surface area (Å²) >= 11 is 2.83. The van der Waals surface area contributed by atoms with Crippen LogP contribution in [-0.4, -0.2) is 21.7 Å². The average molecular weight is 331 g/mol. The molecule has 0 aliphatic rings. The van der Waals surface area contributed by atoms with Crippen molar-refractivity contribution >= 4 is 34.0 Å². The molecule has 0 aliphatic carbocycles. The molecule has 0 spiro atoms. The van der Waals surface area contributed by atoms with Crippen LogP contribution in [0.3, 0.4) is 0 Å². The van der Waals surface area contributed by atoms with Crippen molar-refractivity contribution < 1.29 is 9.21 Å². The highest BCUT2D eigenvalue weighted by Crippen LogP contribution is 2.26. The number of nitrogens with one attached hydrogen (secondary N) is 1. The first-order valence-electron chi connectivity index (χ1n) is 6.62. The number of rotatable bonds is 7. The van der Waals surface area contributed by atoms with Gasteiger partial charge in [-0.25, -0.2) is 0 Å². The van der Waals surface area contributed by atoms with Crippen molar-refractivity contribution in [1.29, 1.82) is 0 Å². The van der Waals surface area contributed by atoms with E-state index in [1.807, 2.05) is 42.5 Å². The van der Waals surface area contributed by atoms with Crippen LogP contribution in [0, 0.1) is 0 Å². The molecule has 3 aromatic rings. The van der Waals surface area contributed by atoms with Crippen LogP contribution in [0.25, 0.3) is 0 Å². The van der Waals surface area contributed by atoms with Crippen LogP contribution in [-0.2, 0) is 6.54 Å². The summed E-state index contributed by atoms with van der Waals surface area (Å²) in [6.07, 6.45) is 1.63. The molecule has 1 aromatic carbocycles. The van der Waals surface area contributed by atoms with Gasteiger partial charge < -0.3 is 9.73 Å². The Balaban J connectivity index is 1.50. The van der Waals surface area contributed by atoms with Gasteiger partial charge >= 0.3 is 0 Å². The second kappa shape index (κ2) is 7.24. The first-order valence-corrected chi connectivity index (χ1v) is 8.42. The number of benzene rings is 1. The van der Waals surface area contributed by atoms with Crippen molar-refractivity contribution in [3.8, 4) is 0 Å². The molecule has 2 aromatic heterocycles. The molecule has 0 radical (unpaired) electrons. The maximum absolute atomic E-state index is 12.0. The second-order valence-electron chi connectivity index (χ2n) is 4.38. The number of furan rings is 1. The monoisotopic (exact) mass is 331 g/mol. The molecule has 0 bridgehead atoms. The Labute approximate surface area is 135 Å². The third kappa shape index (κ3) is 3.96. The molecule has 3 rings (SSSR count).